The van der Waals surface area contributed by atoms with Crippen molar-refractivity contribution < 1.29 is 13.2 Å². The number of benzene rings is 2. The number of nitrogens with zero attached hydrogens (tertiary/aromatic N) is 2. The molecule has 1 fully saturated rings. The van der Waals surface area contributed by atoms with Crippen LogP contribution in [0.25, 0.3) is 0 Å². The first-order valence-corrected chi connectivity index (χ1v) is 14.4. The van der Waals surface area contributed by atoms with Crippen LogP contribution in [0.3, 0.4) is 0 Å². The summed E-state index contributed by atoms with van der Waals surface area (Å²) < 4.78 is 28.7. The Morgan fingerprint density at radius 1 is 1.06 bits per heavy atom. The second-order valence-electron chi connectivity index (χ2n) is 10.1. The van der Waals surface area contributed by atoms with Crippen LogP contribution in [-0.4, -0.2) is 56.3 Å². The van der Waals surface area contributed by atoms with Crippen molar-refractivity contribution in [2.75, 3.05) is 26.7 Å². The van der Waals surface area contributed by atoms with Gasteiger partial charge >= 0.3 is 0 Å². The number of hydrogen-bond donors (Lipinski definition) is 1. The standard InChI is InChI=1S/C28H39N3O3S/c1-22-13-15-25(16-14-22)35(33,34)31-20-17-23-9-6-7-12-26(23)27(31)21-28(32)29-18-8-19-30(2)24-10-4-3-5-11-24/h6-7,9,12-16,24,27H,3-5,8,10-11,17-21H2,1-2H3,(H,29,32). The lowest BCUT2D eigenvalue weighted by molar-refractivity contribution is -0.122. The monoisotopic (exact) mass is 497 g/mol. The largest absolute Gasteiger partial charge is 0.356 e. The molecule has 2 aromatic carbocycles. The van der Waals surface area contributed by atoms with Crippen molar-refractivity contribution in [3.8, 4) is 0 Å². The molecule has 1 aliphatic heterocycles. The Morgan fingerprint density at radius 3 is 2.51 bits per heavy atom. The van der Waals surface area contributed by atoms with Crippen LogP contribution in [0, 0.1) is 6.92 Å². The summed E-state index contributed by atoms with van der Waals surface area (Å²) in [6, 6.07) is 15.0. The van der Waals surface area contributed by atoms with Gasteiger partial charge in [0.2, 0.25) is 15.9 Å². The summed E-state index contributed by atoms with van der Waals surface area (Å²) >= 11 is 0. The van der Waals surface area contributed by atoms with Crippen LogP contribution in [0.2, 0.25) is 0 Å². The summed E-state index contributed by atoms with van der Waals surface area (Å²) in [5, 5.41) is 3.05. The second-order valence-corrected chi connectivity index (χ2v) is 12.0. The molecule has 190 valence electrons. The SMILES string of the molecule is Cc1ccc(S(=O)(=O)N2CCc3ccccc3C2CC(=O)NCCCN(C)C2CCCCC2)cc1. The van der Waals surface area contributed by atoms with Crippen molar-refractivity contribution in [1.29, 1.82) is 0 Å². The highest BCUT2D eigenvalue weighted by molar-refractivity contribution is 7.89. The van der Waals surface area contributed by atoms with Crippen LogP contribution in [0.4, 0.5) is 0 Å². The van der Waals surface area contributed by atoms with E-state index in [0.29, 0.717) is 25.6 Å². The number of carbonyl (C=O) groups excluding carboxylic acids is 1. The van der Waals surface area contributed by atoms with Gasteiger partial charge in [0.25, 0.3) is 0 Å². The van der Waals surface area contributed by atoms with Crippen LogP contribution in [-0.2, 0) is 21.2 Å². The molecule has 7 heteroatoms. The highest BCUT2D eigenvalue weighted by atomic mass is 32.2. The Balaban J connectivity index is 1.41. The van der Waals surface area contributed by atoms with E-state index in [1.807, 2.05) is 43.3 Å². The molecule has 1 unspecified atom stereocenters. The summed E-state index contributed by atoms with van der Waals surface area (Å²) in [6.07, 6.45) is 8.19. The maximum Gasteiger partial charge on any atom is 0.243 e. The van der Waals surface area contributed by atoms with Gasteiger partial charge in [0, 0.05) is 25.6 Å². The lowest BCUT2D eigenvalue weighted by Crippen LogP contribution is -2.42. The average Bonchev–Trinajstić information content (AvgIpc) is 2.87. The summed E-state index contributed by atoms with van der Waals surface area (Å²) in [6.45, 7) is 3.88. The Labute approximate surface area is 210 Å². The first kappa shape index (κ1) is 25.9. The first-order chi connectivity index (χ1) is 16.9. The molecule has 1 aliphatic carbocycles. The van der Waals surface area contributed by atoms with E-state index < -0.39 is 16.1 Å². The predicted octanol–water partition coefficient (Wildman–Crippen LogP) is 4.44. The van der Waals surface area contributed by atoms with Crippen molar-refractivity contribution in [3.05, 3.63) is 65.2 Å². The Bertz CT molecular complexity index is 1090. The van der Waals surface area contributed by atoms with Crippen LogP contribution in [0.1, 0.15) is 67.7 Å². The van der Waals surface area contributed by atoms with Gasteiger partial charge in [-0.05, 0) is 69.5 Å². The third-order valence-electron chi connectivity index (χ3n) is 7.58. The van der Waals surface area contributed by atoms with Crippen LogP contribution in [0.5, 0.6) is 0 Å². The van der Waals surface area contributed by atoms with E-state index >= 15 is 0 Å². The number of aryl methyl sites for hydroxylation is 1. The van der Waals surface area contributed by atoms with Gasteiger partial charge < -0.3 is 10.2 Å². The van der Waals surface area contributed by atoms with E-state index in [4.69, 9.17) is 0 Å². The Morgan fingerprint density at radius 2 is 1.77 bits per heavy atom. The molecule has 1 amide bonds. The highest BCUT2D eigenvalue weighted by Crippen LogP contribution is 2.36. The third kappa shape index (κ3) is 6.32. The van der Waals surface area contributed by atoms with Gasteiger partial charge in [0.15, 0.2) is 0 Å². The van der Waals surface area contributed by atoms with E-state index in [-0.39, 0.29) is 17.2 Å². The maximum atomic E-state index is 13.6. The normalized spacial score (nSPS) is 19.5. The number of fused-ring (bicyclic) bond motifs is 1. The van der Waals surface area contributed by atoms with Crippen LogP contribution in [0.15, 0.2) is 53.4 Å². The molecule has 35 heavy (non-hydrogen) atoms. The lowest BCUT2D eigenvalue weighted by atomic mass is 9.92. The van der Waals surface area contributed by atoms with Crippen LogP contribution < -0.4 is 5.32 Å². The van der Waals surface area contributed by atoms with Crippen molar-refractivity contribution in [2.45, 2.75) is 75.3 Å². The molecule has 6 nitrogen and oxygen atoms in total. The van der Waals surface area contributed by atoms with Crippen LogP contribution >= 0.6 is 0 Å². The summed E-state index contributed by atoms with van der Waals surface area (Å²) in [5.41, 5.74) is 3.06. The molecule has 0 spiro atoms. The zero-order valence-electron chi connectivity index (χ0n) is 21.1. The van der Waals surface area contributed by atoms with Gasteiger partial charge in [-0.3, -0.25) is 4.79 Å². The highest BCUT2D eigenvalue weighted by Gasteiger charge is 2.37. The minimum absolute atomic E-state index is 0.101. The van der Waals surface area contributed by atoms with Gasteiger partial charge in [-0.1, -0.05) is 61.2 Å². The number of nitrogens with one attached hydrogen (secondary N) is 1. The molecule has 1 atom stereocenters. The van der Waals surface area contributed by atoms with Gasteiger partial charge in [0.1, 0.15) is 0 Å². The zero-order chi connectivity index (χ0) is 24.8. The summed E-state index contributed by atoms with van der Waals surface area (Å²) in [7, 11) is -1.53. The minimum atomic E-state index is -3.72. The zero-order valence-corrected chi connectivity index (χ0v) is 21.9. The third-order valence-corrected chi connectivity index (χ3v) is 9.50. The Kier molecular flexibility index (Phi) is 8.63. The van der Waals surface area contributed by atoms with Gasteiger partial charge in [0.05, 0.1) is 10.9 Å². The van der Waals surface area contributed by atoms with Crippen molar-refractivity contribution in [3.63, 3.8) is 0 Å². The molecule has 0 aromatic heterocycles. The van der Waals surface area contributed by atoms with E-state index in [1.165, 1.54) is 36.4 Å². The number of sulfonamides is 1. The van der Waals surface area contributed by atoms with Gasteiger partial charge in [-0.2, -0.15) is 4.31 Å². The molecule has 1 heterocycles. The van der Waals surface area contributed by atoms with Crippen molar-refractivity contribution in [2.24, 2.45) is 0 Å². The second kappa shape index (κ2) is 11.7. The van der Waals surface area contributed by atoms with E-state index in [2.05, 4.69) is 17.3 Å². The maximum absolute atomic E-state index is 13.6. The van der Waals surface area contributed by atoms with E-state index in [9.17, 15) is 13.2 Å². The Hall–Kier alpha value is -2.22. The topological polar surface area (TPSA) is 69.7 Å². The fraction of sp³-hybridized carbons (Fsp3) is 0.536. The predicted molar refractivity (Wildman–Crippen MR) is 140 cm³/mol. The molecule has 0 saturated heterocycles. The smallest absolute Gasteiger partial charge is 0.243 e. The number of rotatable bonds is 9. The molecule has 1 N–H and O–H groups in total. The van der Waals surface area contributed by atoms with Crippen molar-refractivity contribution in [1.82, 2.24) is 14.5 Å². The van der Waals surface area contributed by atoms with Gasteiger partial charge in [-0.25, -0.2) is 8.42 Å². The molecule has 2 aromatic rings. The molecule has 1 saturated carbocycles. The lowest BCUT2D eigenvalue weighted by Gasteiger charge is -2.36. The number of carbonyl (C=O) groups is 1. The number of hydrogen-bond acceptors (Lipinski definition) is 4. The molecule has 0 bridgehead atoms. The van der Waals surface area contributed by atoms with Gasteiger partial charge in [-0.15, -0.1) is 0 Å². The molecule has 0 radical (unpaired) electrons. The fourth-order valence-electron chi connectivity index (χ4n) is 5.48. The van der Waals surface area contributed by atoms with Crippen molar-refractivity contribution >= 4 is 15.9 Å². The van der Waals surface area contributed by atoms with E-state index in [1.54, 1.807) is 12.1 Å². The minimum Gasteiger partial charge on any atom is -0.356 e. The quantitative estimate of drug-likeness (QED) is 0.520. The molecular weight excluding hydrogens is 458 g/mol. The van der Waals surface area contributed by atoms with E-state index in [0.717, 1.165) is 29.7 Å². The molecular formula is C28H39N3O3S. The number of amides is 1. The molecule has 2 aliphatic rings. The average molecular weight is 498 g/mol. The fourth-order valence-corrected chi connectivity index (χ4v) is 7.09. The first-order valence-electron chi connectivity index (χ1n) is 13.0. The summed E-state index contributed by atoms with van der Waals surface area (Å²) in [5.74, 6) is -0.101. The summed E-state index contributed by atoms with van der Waals surface area (Å²) in [4.78, 5) is 15.7. The molecule has 4 rings (SSSR count).